The van der Waals surface area contributed by atoms with Crippen molar-refractivity contribution in [3.05, 3.63) is 11.7 Å². The van der Waals surface area contributed by atoms with Crippen molar-refractivity contribution in [2.75, 3.05) is 6.54 Å². The van der Waals surface area contributed by atoms with E-state index in [0.717, 1.165) is 0 Å². The molecule has 0 saturated carbocycles. The van der Waals surface area contributed by atoms with Crippen LogP contribution in [0.4, 0.5) is 0 Å². The summed E-state index contributed by atoms with van der Waals surface area (Å²) in [5.74, 6) is 1.17. The lowest BCUT2D eigenvalue weighted by Crippen LogP contribution is -2.14. The van der Waals surface area contributed by atoms with Crippen LogP contribution in [0.3, 0.4) is 0 Å². The summed E-state index contributed by atoms with van der Waals surface area (Å²) in [6.45, 7) is 2.27. The van der Waals surface area contributed by atoms with E-state index in [1.807, 2.05) is 0 Å². The van der Waals surface area contributed by atoms with Gasteiger partial charge in [-0.05, 0) is 0 Å². The Morgan fingerprint density at radius 1 is 1.73 bits per heavy atom. The van der Waals surface area contributed by atoms with E-state index in [1.54, 1.807) is 6.92 Å². The minimum atomic E-state index is 0.544. The van der Waals surface area contributed by atoms with Gasteiger partial charge in [0.15, 0.2) is 5.82 Å². The number of carbonyl (C=O) groups excluding carboxylic acids is 1. The highest BCUT2D eigenvalue weighted by atomic mass is 16.5. The van der Waals surface area contributed by atoms with Crippen molar-refractivity contribution < 1.29 is 9.32 Å². The Labute approximate surface area is 63.8 Å². The largest absolute Gasteiger partial charge is 0.358 e. The molecule has 1 rings (SSSR count). The standard InChI is InChI=1S/C6H9N3O2/c1-5-8-6(9-11-5)2-3-7-4-10/h4H,2-3H2,1H3,(H,7,10). The fraction of sp³-hybridized carbons (Fsp3) is 0.500. The summed E-state index contributed by atoms with van der Waals surface area (Å²) in [5, 5.41) is 6.15. The number of amides is 1. The Kier molecular flexibility index (Phi) is 2.59. The first-order chi connectivity index (χ1) is 5.33. The summed E-state index contributed by atoms with van der Waals surface area (Å²) in [6, 6.07) is 0. The van der Waals surface area contributed by atoms with E-state index in [2.05, 4.69) is 15.5 Å². The molecule has 0 atom stereocenters. The van der Waals surface area contributed by atoms with Crippen LogP contribution < -0.4 is 5.32 Å². The number of hydrogen-bond acceptors (Lipinski definition) is 4. The minimum Gasteiger partial charge on any atom is -0.358 e. The van der Waals surface area contributed by atoms with E-state index in [9.17, 15) is 4.79 Å². The van der Waals surface area contributed by atoms with Crippen molar-refractivity contribution in [1.82, 2.24) is 15.5 Å². The highest BCUT2D eigenvalue weighted by Gasteiger charge is 1.99. The van der Waals surface area contributed by atoms with Gasteiger partial charge < -0.3 is 9.84 Å². The quantitative estimate of drug-likeness (QED) is 0.477. The number of carbonyl (C=O) groups is 1. The van der Waals surface area contributed by atoms with Crippen LogP contribution in [-0.4, -0.2) is 23.1 Å². The molecule has 0 unspecified atom stereocenters. The summed E-state index contributed by atoms with van der Waals surface area (Å²) in [4.78, 5) is 13.8. The van der Waals surface area contributed by atoms with Gasteiger partial charge in [-0.25, -0.2) is 0 Å². The van der Waals surface area contributed by atoms with Gasteiger partial charge in [0.05, 0.1) is 0 Å². The number of nitrogens with one attached hydrogen (secondary N) is 1. The first-order valence-electron chi connectivity index (χ1n) is 3.29. The lowest BCUT2D eigenvalue weighted by Gasteiger charge is -1.90. The molecule has 1 aromatic heterocycles. The average molecular weight is 155 g/mol. The molecule has 0 aliphatic carbocycles. The van der Waals surface area contributed by atoms with Crippen LogP contribution in [0.1, 0.15) is 11.7 Å². The van der Waals surface area contributed by atoms with Gasteiger partial charge in [-0.15, -0.1) is 0 Å². The van der Waals surface area contributed by atoms with Crippen molar-refractivity contribution in [3.8, 4) is 0 Å². The average Bonchev–Trinajstić information content (AvgIpc) is 2.37. The molecule has 0 saturated heterocycles. The van der Waals surface area contributed by atoms with Crippen LogP contribution in [0.15, 0.2) is 4.52 Å². The van der Waals surface area contributed by atoms with E-state index in [-0.39, 0.29) is 0 Å². The van der Waals surface area contributed by atoms with Crippen LogP contribution in [0.25, 0.3) is 0 Å². The van der Waals surface area contributed by atoms with Crippen LogP contribution in [0.5, 0.6) is 0 Å². The molecule has 0 radical (unpaired) electrons. The molecular formula is C6H9N3O2. The molecule has 0 spiro atoms. The molecule has 60 valence electrons. The van der Waals surface area contributed by atoms with E-state index in [4.69, 9.17) is 4.52 Å². The lowest BCUT2D eigenvalue weighted by molar-refractivity contribution is -0.109. The van der Waals surface area contributed by atoms with Gasteiger partial charge in [0, 0.05) is 19.9 Å². The Bertz CT molecular complexity index is 233. The molecule has 0 aliphatic heterocycles. The predicted molar refractivity (Wildman–Crippen MR) is 36.8 cm³/mol. The summed E-state index contributed by atoms with van der Waals surface area (Å²) in [5.41, 5.74) is 0. The molecular weight excluding hydrogens is 146 g/mol. The van der Waals surface area contributed by atoms with Gasteiger partial charge in [0.25, 0.3) is 0 Å². The molecule has 0 bridgehead atoms. The van der Waals surface area contributed by atoms with Crippen LogP contribution in [0.2, 0.25) is 0 Å². The zero-order valence-corrected chi connectivity index (χ0v) is 6.20. The van der Waals surface area contributed by atoms with E-state index < -0.39 is 0 Å². The Hall–Kier alpha value is -1.39. The molecule has 11 heavy (non-hydrogen) atoms. The first kappa shape index (κ1) is 7.71. The number of rotatable bonds is 4. The molecule has 5 nitrogen and oxygen atoms in total. The number of nitrogens with zero attached hydrogens (tertiary/aromatic N) is 2. The normalized spacial score (nSPS) is 9.55. The molecule has 1 amide bonds. The lowest BCUT2D eigenvalue weighted by atomic mass is 10.4. The molecule has 1 N–H and O–H groups in total. The van der Waals surface area contributed by atoms with Gasteiger partial charge in [-0.2, -0.15) is 4.98 Å². The third-order valence-electron chi connectivity index (χ3n) is 1.15. The van der Waals surface area contributed by atoms with E-state index in [1.165, 1.54) is 0 Å². The van der Waals surface area contributed by atoms with Gasteiger partial charge in [0.2, 0.25) is 12.3 Å². The Balaban J connectivity index is 2.32. The summed E-state index contributed by atoms with van der Waals surface area (Å²) in [6.07, 6.45) is 1.25. The predicted octanol–water partition coefficient (Wildman–Crippen LogP) is -0.333. The van der Waals surface area contributed by atoms with Crippen molar-refractivity contribution in [2.45, 2.75) is 13.3 Å². The Morgan fingerprint density at radius 3 is 3.09 bits per heavy atom. The first-order valence-corrected chi connectivity index (χ1v) is 3.29. The Morgan fingerprint density at radius 2 is 2.55 bits per heavy atom. The van der Waals surface area contributed by atoms with Crippen LogP contribution in [-0.2, 0) is 11.2 Å². The fourth-order valence-corrected chi connectivity index (χ4v) is 0.686. The third-order valence-corrected chi connectivity index (χ3v) is 1.15. The summed E-state index contributed by atoms with van der Waals surface area (Å²) >= 11 is 0. The fourth-order valence-electron chi connectivity index (χ4n) is 0.686. The number of aryl methyl sites for hydroxylation is 1. The third kappa shape index (κ3) is 2.37. The van der Waals surface area contributed by atoms with E-state index in [0.29, 0.717) is 31.1 Å². The highest BCUT2D eigenvalue weighted by molar-refractivity contribution is 5.45. The summed E-state index contributed by atoms with van der Waals surface area (Å²) in [7, 11) is 0. The number of aromatic nitrogens is 2. The maximum Gasteiger partial charge on any atom is 0.223 e. The second kappa shape index (κ2) is 3.70. The molecule has 1 heterocycles. The van der Waals surface area contributed by atoms with Crippen molar-refractivity contribution in [2.24, 2.45) is 0 Å². The maximum absolute atomic E-state index is 9.82. The smallest absolute Gasteiger partial charge is 0.223 e. The van der Waals surface area contributed by atoms with E-state index >= 15 is 0 Å². The van der Waals surface area contributed by atoms with Gasteiger partial charge in [-0.3, -0.25) is 4.79 Å². The minimum absolute atomic E-state index is 0.544. The topological polar surface area (TPSA) is 68.0 Å². The molecule has 0 aromatic carbocycles. The van der Waals surface area contributed by atoms with Crippen molar-refractivity contribution in [1.29, 1.82) is 0 Å². The van der Waals surface area contributed by atoms with Crippen molar-refractivity contribution >= 4 is 6.41 Å². The maximum atomic E-state index is 9.82. The highest BCUT2D eigenvalue weighted by Crippen LogP contribution is 1.93. The van der Waals surface area contributed by atoms with Gasteiger partial charge >= 0.3 is 0 Å². The van der Waals surface area contributed by atoms with Gasteiger partial charge in [-0.1, -0.05) is 5.16 Å². The SMILES string of the molecule is Cc1nc(CCNC=O)no1. The zero-order valence-electron chi connectivity index (χ0n) is 6.20. The van der Waals surface area contributed by atoms with Crippen molar-refractivity contribution in [3.63, 3.8) is 0 Å². The summed E-state index contributed by atoms with van der Waals surface area (Å²) < 4.78 is 4.72. The van der Waals surface area contributed by atoms with Gasteiger partial charge in [0.1, 0.15) is 0 Å². The van der Waals surface area contributed by atoms with Crippen LogP contribution in [0, 0.1) is 6.92 Å². The molecule has 0 fully saturated rings. The second-order valence-corrected chi connectivity index (χ2v) is 2.05. The molecule has 1 aromatic rings. The molecule has 5 heteroatoms. The monoisotopic (exact) mass is 155 g/mol. The second-order valence-electron chi connectivity index (χ2n) is 2.05. The zero-order chi connectivity index (χ0) is 8.10. The van der Waals surface area contributed by atoms with Crippen LogP contribution >= 0.6 is 0 Å². The number of hydrogen-bond donors (Lipinski definition) is 1. The molecule has 0 aliphatic rings.